The lowest BCUT2D eigenvalue weighted by Crippen LogP contribution is -2.46. The number of nitrogens with one attached hydrogen (secondary N) is 1. The van der Waals surface area contributed by atoms with Crippen molar-refractivity contribution < 1.29 is 19.1 Å². The lowest BCUT2D eigenvalue weighted by atomic mass is 10.0. The van der Waals surface area contributed by atoms with Gasteiger partial charge >= 0.3 is 5.97 Å². The molecule has 1 aromatic rings. The summed E-state index contributed by atoms with van der Waals surface area (Å²) in [7, 11) is 0. The molecule has 1 saturated heterocycles. The Labute approximate surface area is 139 Å². The number of amides is 2. The first-order valence-corrected chi connectivity index (χ1v) is 8.76. The molecule has 1 N–H and O–H groups in total. The Morgan fingerprint density at radius 1 is 1.30 bits per heavy atom. The smallest absolute Gasteiger partial charge is 0.306 e. The summed E-state index contributed by atoms with van der Waals surface area (Å²) in [5, 5.41) is 4.88. The third-order valence-corrected chi connectivity index (χ3v) is 4.64. The van der Waals surface area contributed by atoms with Gasteiger partial charge in [-0.25, -0.2) is 0 Å². The van der Waals surface area contributed by atoms with Crippen molar-refractivity contribution in [3.63, 3.8) is 0 Å². The van der Waals surface area contributed by atoms with Crippen molar-refractivity contribution in [2.45, 2.75) is 38.6 Å². The van der Waals surface area contributed by atoms with E-state index < -0.39 is 0 Å². The van der Waals surface area contributed by atoms with Crippen LogP contribution in [0.4, 0.5) is 0 Å². The van der Waals surface area contributed by atoms with Crippen LogP contribution < -0.4 is 5.32 Å². The van der Waals surface area contributed by atoms with Crippen LogP contribution in [0.5, 0.6) is 0 Å². The number of piperidine rings is 1. The quantitative estimate of drug-likeness (QED) is 0.803. The van der Waals surface area contributed by atoms with Gasteiger partial charge in [0.1, 0.15) is 0 Å². The number of ether oxygens (including phenoxy) is 1. The molecule has 2 amide bonds. The fraction of sp³-hybridized carbons (Fsp3) is 0.562. The molecule has 1 aliphatic heterocycles. The maximum atomic E-state index is 12.1. The fourth-order valence-corrected chi connectivity index (χ4v) is 3.16. The first kappa shape index (κ1) is 17.5. The molecule has 0 spiro atoms. The molecule has 7 heteroatoms. The minimum atomic E-state index is -0.334. The van der Waals surface area contributed by atoms with Gasteiger partial charge < -0.3 is 15.0 Å². The predicted octanol–water partition coefficient (Wildman–Crippen LogP) is 1.81. The number of hydrogen-bond acceptors (Lipinski definition) is 5. The first-order chi connectivity index (χ1) is 11.1. The van der Waals surface area contributed by atoms with Gasteiger partial charge in [0.15, 0.2) is 0 Å². The number of esters is 1. The molecule has 0 saturated carbocycles. The molecule has 1 aliphatic rings. The predicted molar refractivity (Wildman–Crippen MR) is 87.3 cm³/mol. The molecule has 0 bridgehead atoms. The van der Waals surface area contributed by atoms with E-state index in [0.29, 0.717) is 24.6 Å². The summed E-state index contributed by atoms with van der Waals surface area (Å²) in [6, 6.07) is 3.75. The normalized spacial score (nSPS) is 15.3. The van der Waals surface area contributed by atoms with E-state index in [2.05, 4.69) is 5.32 Å². The monoisotopic (exact) mass is 338 g/mol. The Kier molecular flexibility index (Phi) is 6.58. The van der Waals surface area contributed by atoms with Crippen molar-refractivity contribution in [3.8, 4) is 0 Å². The molecule has 126 valence electrons. The standard InChI is InChI=1S/C16H22N2O4S/c1-2-22-15(20)6-5-14(19)18-9-7-12(8-10-18)17-16(21)13-4-3-11-23-13/h3-4,11-12H,2,5-10H2,1H3,(H,17,21). The zero-order valence-electron chi connectivity index (χ0n) is 13.2. The molecule has 0 radical (unpaired) electrons. The summed E-state index contributed by atoms with van der Waals surface area (Å²) in [6.45, 7) is 3.30. The first-order valence-electron chi connectivity index (χ1n) is 7.88. The molecular formula is C16H22N2O4S. The Hall–Kier alpha value is -1.89. The molecular weight excluding hydrogens is 316 g/mol. The average molecular weight is 338 g/mol. The molecule has 2 heterocycles. The minimum Gasteiger partial charge on any atom is -0.466 e. The molecule has 0 atom stereocenters. The summed E-state index contributed by atoms with van der Waals surface area (Å²) >= 11 is 1.42. The molecule has 23 heavy (non-hydrogen) atoms. The van der Waals surface area contributed by atoms with Gasteiger partial charge in [0.2, 0.25) is 5.91 Å². The van der Waals surface area contributed by atoms with Crippen molar-refractivity contribution in [3.05, 3.63) is 22.4 Å². The van der Waals surface area contributed by atoms with E-state index in [4.69, 9.17) is 4.74 Å². The van der Waals surface area contributed by atoms with Gasteiger partial charge in [0.25, 0.3) is 5.91 Å². The second-order valence-electron chi connectivity index (χ2n) is 5.41. The van der Waals surface area contributed by atoms with Crippen LogP contribution in [0, 0.1) is 0 Å². The van der Waals surface area contributed by atoms with E-state index in [1.807, 2.05) is 11.4 Å². The highest BCUT2D eigenvalue weighted by atomic mass is 32.1. The highest BCUT2D eigenvalue weighted by molar-refractivity contribution is 7.12. The highest BCUT2D eigenvalue weighted by Gasteiger charge is 2.24. The zero-order chi connectivity index (χ0) is 16.7. The maximum absolute atomic E-state index is 12.1. The van der Waals surface area contributed by atoms with Crippen LogP contribution in [0.3, 0.4) is 0 Å². The molecule has 0 aromatic carbocycles. The van der Waals surface area contributed by atoms with Crippen LogP contribution in [0.15, 0.2) is 17.5 Å². The van der Waals surface area contributed by atoms with Crippen molar-refractivity contribution >= 4 is 29.1 Å². The van der Waals surface area contributed by atoms with Gasteiger partial charge in [-0.15, -0.1) is 11.3 Å². The number of nitrogens with zero attached hydrogens (tertiary/aromatic N) is 1. The molecule has 2 rings (SSSR count). The zero-order valence-corrected chi connectivity index (χ0v) is 14.1. The Bertz CT molecular complexity index is 536. The van der Waals surface area contributed by atoms with Crippen LogP contribution in [0.2, 0.25) is 0 Å². The third-order valence-electron chi connectivity index (χ3n) is 3.78. The van der Waals surface area contributed by atoms with Crippen molar-refractivity contribution in [1.29, 1.82) is 0 Å². The topological polar surface area (TPSA) is 75.7 Å². The maximum Gasteiger partial charge on any atom is 0.306 e. The van der Waals surface area contributed by atoms with Crippen LogP contribution in [0.1, 0.15) is 42.3 Å². The van der Waals surface area contributed by atoms with E-state index in [9.17, 15) is 14.4 Å². The van der Waals surface area contributed by atoms with Crippen molar-refractivity contribution in [2.75, 3.05) is 19.7 Å². The van der Waals surface area contributed by atoms with Gasteiger partial charge in [-0.05, 0) is 31.2 Å². The van der Waals surface area contributed by atoms with Gasteiger partial charge in [0, 0.05) is 25.6 Å². The third kappa shape index (κ3) is 5.35. The van der Waals surface area contributed by atoms with Crippen LogP contribution in [0.25, 0.3) is 0 Å². The molecule has 1 fully saturated rings. The lowest BCUT2D eigenvalue weighted by molar-refractivity contribution is -0.145. The largest absolute Gasteiger partial charge is 0.466 e. The molecule has 6 nitrogen and oxygen atoms in total. The van der Waals surface area contributed by atoms with E-state index in [1.54, 1.807) is 17.9 Å². The summed E-state index contributed by atoms with van der Waals surface area (Å²) in [4.78, 5) is 37.8. The molecule has 1 aromatic heterocycles. The van der Waals surface area contributed by atoms with Crippen LogP contribution in [-0.2, 0) is 14.3 Å². The molecule has 0 aliphatic carbocycles. The van der Waals surface area contributed by atoms with Crippen LogP contribution in [-0.4, -0.2) is 48.4 Å². The second-order valence-corrected chi connectivity index (χ2v) is 6.36. The highest BCUT2D eigenvalue weighted by Crippen LogP contribution is 2.14. The van der Waals surface area contributed by atoms with E-state index in [0.717, 1.165) is 12.8 Å². The number of carbonyl (C=O) groups is 3. The van der Waals surface area contributed by atoms with Gasteiger partial charge in [-0.3, -0.25) is 14.4 Å². The van der Waals surface area contributed by atoms with Gasteiger partial charge in [-0.1, -0.05) is 6.07 Å². The lowest BCUT2D eigenvalue weighted by Gasteiger charge is -2.32. The summed E-state index contributed by atoms with van der Waals surface area (Å²) < 4.78 is 4.82. The molecule has 0 unspecified atom stereocenters. The minimum absolute atomic E-state index is 0.0268. The summed E-state index contributed by atoms with van der Waals surface area (Å²) in [5.41, 5.74) is 0. The Morgan fingerprint density at radius 2 is 2.04 bits per heavy atom. The summed E-state index contributed by atoms with van der Waals surface area (Å²) in [5.74, 6) is -0.410. The SMILES string of the molecule is CCOC(=O)CCC(=O)N1CCC(NC(=O)c2cccs2)CC1. The van der Waals surface area contributed by atoms with Gasteiger partial charge in [-0.2, -0.15) is 0 Å². The Balaban J connectivity index is 1.70. The van der Waals surface area contributed by atoms with E-state index in [-0.39, 0.29) is 36.7 Å². The van der Waals surface area contributed by atoms with E-state index >= 15 is 0 Å². The Morgan fingerprint density at radius 3 is 2.65 bits per heavy atom. The van der Waals surface area contributed by atoms with Crippen molar-refractivity contribution in [1.82, 2.24) is 10.2 Å². The number of rotatable bonds is 6. The van der Waals surface area contributed by atoms with Crippen molar-refractivity contribution in [2.24, 2.45) is 0 Å². The number of likely N-dealkylation sites (tertiary alicyclic amines) is 1. The van der Waals surface area contributed by atoms with E-state index in [1.165, 1.54) is 11.3 Å². The number of hydrogen-bond donors (Lipinski definition) is 1. The number of thiophene rings is 1. The van der Waals surface area contributed by atoms with Gasteiger partial charge in [0.05, 0.1) is 17.9 Å². The number of carbonyl (C=O) groups excluding carboxylic acids is 3. The fourth-order valence-electron chi connectivity index (χ4n) is 2.54. The summed E-state index contributed by atoms with van der Waals surface area (Å²) in [6.07, 6.45) is 1.79. The van der Waals surface area contributed by atoms with Crippen LogP contribution >= 0.6 is 11.3 Å². The second kappa shape index (κ2) is 8.67. The average Bonchev–Trinajstić information content (AvgIpc) is 3.08.